The molecule has 0 saturated heterocycles. The van der Waals surface area contributed by atoms with Crippen molar-refractivity contribution in [3.8, 4) is 6.07 Å². The fourth-order valence-corrected chi connectivity index (χ4v) is 1.60. The molecule has 0 unspecified atom stereocenters. The van der Waals surface area contributed by atoms with Crippen LogP contribution in [-0.2, 0) is 4.74 Å². The number of hydrogen-bond acceptors (Lipinski definition) is 4. The van der Waals surface area contributed by atoms with Crippen molar-refractivity contribution in [1.82, 2.24) is 0 Å². The molecule has 0 bridgehead atoms. The van der Waals surface area contributed by atoms with Crippen molar-refractivity contribution in [2.24, 2.45) is 0 Å². The molecular formula is C10H8BrNO2S. The Bertz CT molecular complexity index is 440. The monoisotopic (exact) mass is 285 g/mol. The minimum absolute atomic E-state index is 0.304. The average Bonchev–Trinajstić information content (AvgIpc) is 2.22. The predicted octanol–water partition coefficient (Wildman–Crippen LogP) is 2.79. The van der Waals surface area contributed by atoms with Gasteiger partial charge in [0.05, 0.1) is 17.7 Å². The van der Waals surface area contributed by atoms with Gasteiger partial charge in [0.25, 0.3) is 0 Å². The van der Waals surface area contributed by atoms with Crippen LogP contribution >= 0.6 is 28.6 Å². The SMILES string of the molecule is CCOC(=O)c1cc(S)c(Br)c(C#N)c1. The van der Waals surface area contributed by atoms with Crippen molar-refractivity contribution >= 4 is 34.5 Å². The van der Waals surface area contributed by atoms with Crippen LogP contribution in [-0.4, -0.2) is 12.6 Å². The molecule has 0 heterocycles. The van der Waals surface area contributed by atoms with E-state index < -0.39 is 5.97 Å². The first-order valence-electron chi connectivity index (χ1n) is 4.19. The third-order valence-corrected chi connectivity index (χ3v) is 3.20. The number of ether oxygens (including phenoxy) is 1. The van der Waals surface area contributed by atoms with Crippen LogP contribution in [0.2, 0.25) is 0 Å². The normalized spacial score (nSPS) is 9.47. The number of benzene rings is 1. The molecule has 1 aromatic carbocycles. The summed E-state index contributed by atoms with van der Waals surface area (Å²) in [5.41, 5.74) is 0.701. The van der Waals surface area contributed by atoms with Crippen molar-refractivity contribution in [3.05, 3.63) is 27.7 Å². The Balaban J connectivity index is 3.18. The van der Waals surface area contributed by atoms with Crippen LogP contribution in [0.5, 0.6) is 0 Å². The Labute approximate surface area is 102 Å². The first-order valence-corrected chi connectivity index (χ1v) is 5.44. The van der Waals surface area contributed by atoms with Gasteiger partial charge in [0.15, 0.2) is 0 Å². The molecule has 15 heavy (non-hydrogen) atoms. The maximum atomic E-state index is 11.4. The van der Waals surface area contributed by atoms with Gasteiger partial charge in [0, 0.05) is 9.37 Å². The summed E-state index contributed by atoms with van der Waals surface area (Å²) in [5, 5.41) is 8.81. The Morgan fingerprint density at radius 3 is 2.87 bits per heavy atom. The van der Waals surface area contributed by atoms with Gasteiger partial charge in [0.1, 0.15) is 6.07 Å². The van der Waals surface area contributed by atoms with E-state index in [1.807, 2.05) is 6.07 Å². The largest absolute Gasteiger partial charge is 0.462 e. The summed E-state index contributed by atoms with van der Waals surface area (Å²) < 4.78 is 5.41. The van der Waals surface area contributed by atoms with E-state index in [0.29, 0.717) is 27.1 Å². The molecule has 3 nitrogen and oxygen atoms in total. The van der Waals surface area contributed by atoms with Gasteiger partial charge in [-0.15, -0.1) is 12.6 Å². The molecule has 0 aliphatic carbocycles. The Hall–Kier alpha value is -0.990. The molecule has 0 saturated carbocycles. The highest BCUT2D eigenvalue weighted by atomic mass is 79.9. The average molecular weight is 286 g/mol. The summed E-state index contributed by atoms with van der Waals surface area (Å²) in [6.45, 7) is 2.03. The van der Waals surface area contributed by atoms with Crippen molar-refractivity contribution in [3.63, 3.8) is 0 Å². The van der Waals surface area contributed by atoms with E-state index in [-0.39, 0.29) is 0 Å². The van der Waals surface area contributed by atoms with Gasteiger partial charge in [0.2, 0.25) is 0 Å². The van der Waals surface area contributed by atoms with Crippen LogP contribution in [0.15, 0.2) is 21.5 Å². The molecule has 0 atom stereocenters. The van der Waals surface area contributed by atoms with Crippen molar-refractivity contribution in [2.45, 2.75) is 11.8 Å². The van der Waals surface area contributed by atoms with E-state index in [1.165, 1.54) is 6.07 Å². The number of esters is 1. The van der Waals surface area contributed by atoms with Gasteiger partial charge in [-0.1, -0.05) is 0 Å². The van der Waals surface area contributed by atoms with Crippen molar-refractivity contribution < 1.29 is 9.53 Å². The Kier molecular flexibility index (Phi) is 4.18. The molecule has 0 aromatic heterocycles. The second-order valence-electron chi connectivity index (χ2n) is 2.69. The van der Waals surface area contributed by atoms with E-state index in [2.05, 4.69) is 28.6 Å². The standard InChI is InChI=1S/C10H8BrNO2S/c1-2-14-10(13)6-3-7(5-12)9(11)8(15)4-6/h3-4,15H,2H2,1H3. The third-order valence-electron chi connectivity index (χ3n) is 1.68. The summed E-state index contributed by atoms with van der Waals surface area (Å²) in [7, 11) is 0. The highest BCUT2D eigenvalue weighted by Crippen LogP contribution is 2.26. The first kappa shape index (κ1) is 12.1. The molecular weight excluding hydrogens is 278 g/mol. The van der Waals surface area contributed by atoms with Crippen LogP contribution in [0, 0.1) is 11.3 Å². The zero-order chi connectivity index (χ0) is 11.4. The molecule has 1 aromatic rings. The van der Waals surface area contributed by atoms with Crippen molar-refractivity contribution in [1.29, 1.82) is 5.26 Å². The van der Waals surface area contributed by atoms with Gasteiger partial charge in [-0.3, -0.25) is 0 Å². The fraction of sp³-hybridized carbons (Fsp3) is 0.200. The molecule has 1 rings (SSSR count). The van der Waals surface area contributed by atoms with E-state index in [4.69, 9.17) is 10.00 Å². The molecule has 78 valence electrons. The molecule has 0 fully saturated rings. The number of carbonyl (C=O) groups excluding carboxylic acids is 1. The van der Waals surface area contributed by atoms with Crippen LogP contribution in [0.1, 0.15) is 22.8 Å². The number of rotatable bonds is 2. The van der Waals surface area contributed by atoms with Gasteiger partial charge in [-0.05, 0) is 35.0 Å². The minimum Gasteiger partial charge on any atom is -0.462 e. The lowest BCUT2D eigenvalue weighted by molar-refractivity contribution is 0.0526. The number of thiol groups is 1. The molecule has 0 N–H and O–H groups in total. The summed E-state index contributed by atoms with van der Waals surface area (Å²) in [4.78, 5) is 11.9. The molecule has 0 spiro atoms. The smallest absolute Gasteiger partial charge is 0.338 e. The van der Waals surface area contributed by atoms with Crippen LogP contribution in [0.25, 0.3) is 0 Å². The lowest BCUT2D eigenvalue weighted by Crippen LogP contribution is -2.05. The summed E-state index contributed by atoms with van der Waals surface area (Å²) in [6.07, 6.45) is 0. The van der Waals surface area contributed by atoms with Crippen LogP contribution in [0.4, 0.5) is 0 Å². The van der Waals surface area contributed by atoms with E-state index in [0.717, 1.165) is 0 Å². The van der Waals surface area contributed by atoms with Gasteiger partial charge >= 0.3 is 5.97 Å². The number of hydrogen-bond donors (Lipinski definition) is 1. The summed E-state index contributed by atoms with van der Waals surface area (Å²) >= 11 is 7.36. The number of nitrogens with zero attached hydrogens (tertiary/aromatic N) is 1. The van der Waals surface area contributed by atoms with E-state index in [1.54, 1.807) is 13.0 Å². The van der Waals surface area contributed by atoms with Crippen LogP contribution < -0.4 is 0 Å². The quantitative estimate of drug-likeness (QED) is 0.672. The van der Waals surface area contributed by atoms with E-state index in [9.17, 15) is 4.79 Å². The maximum Gasteiger partial charge on any atom is 0.338 e. The zero-order valence-corrected chi connectivity index (χ0v) is 10.4. The maximum absolute atomic E-state index is 11.4. The van der Waals surface area contributed by atoms with Gasteiger partial charge in [-0.2, -0.15) is 5.26 Å². The Morgan fingerprint density at radius 2 is 2.33 bits per heavy atom. The minimum atomic E-state index is -0.447. The van der Waals surface area contributed by atoms with Crippen LogP contribution in [0.3, 0.4) is 0 Å². The summed E-state index contributed by atoms with van der Waals surface area (Å²) in [5.74, 6) is -0.447. The lowest BCUT2D eigenvalue weighted by atomic mass is 10.1. The van der Waals surface area contributed by atoms with Crippen molar-refractivity contribution in [2.75, 3.05) is 6.61 Å². The molecule has 0 amide bonds. The summed E-state index contributed by atoms with van der Waals surface area (Å²) in [6, 6.07) is 5.01. The second kappa shape index (κ2) is 5.19. The fourth-order valence-electron chi connectivity index (χ4n) is 1.02. The molecule has 0 radical (unpaired) electrons. The molecule has 5 heteroatoms. The molecule has 0 aliphatic rings. The first-order chi connectivity index (χ1) is 7.10. The lowest BCUT2D eigenvalue weighted by Gasteiger charge is -2.05. The van der Waals surface area contributed by atoms with Gasteiger partial charge < -0.3 is 4.74 Å². The van der Waals surface area contributed by atoms with Gasteiger partial charge in [-0.25, -0.2) is 4.79 Å². The number of nitriles is 1. The second-order valence-corrected chi connectivity index (χ2v) is 3.96. The molecule has 0 aliphatic heterocycles. The predicted molar refractivity (Wildman–Crippen MR) is 62.1 cm³/mol. The third kappa shape index (κ3) is 2.74. The zero-order valence-electron chi connectivity index (χ0n) is 7.95. The van der Waals surface area contributed by atoms with E-state index >= 15 is 0 Å². The topological polar surface area (TPSA) is 50.1 Å². The highest BCUT2D eigenvalue weighted by molar-refractivity contribution is 9.10. The highest BCUT2D eigenvalue weighted by Gasteiger charge is 2.12. The number of halogens is 1. The number of carbonyl (C=O) groups is 1. The Morgan fingerprint density at radius 1 is 1.67 bits per heavy atom.